The maximum absolute atomic E-state index is 3.73. The molecule has 1 fully saturated rings. The van der Waals surface area contributed by atoms with Gasteiger partial charge in [-0.3, -0.25) is 0 Å². The molecular formula is C15H25NS. The van der Waals surface area contributed by atoms with Crippen molar-refractivity contribution in [3.8, 4) is 0 Å². The van der Waals surface area contributed by atoms with E-state index in [1.54, 1.807) is 0 Å². The first-order valence-electron chi connectivity index (χ1n) is 6.92. The second kappa shape index (κ2) is 6.01. The average molecular weight is 251 g/mol. The number of hydrogen-bond acceptors (Lipinski definition) is 2. The third-order valence-corrected chi connectivity index (χ3v) is 5.17. The summed E-state index contributed by atoms with van der Waals surface area (Å²) in [5.41, 5.74) is 2.93. The molecule has 1 aromatic heterocycles. The van der Waals surface area contributed by atoms with Crippen molar-refractivity contribution >= 4 is 11.3 Å². The zero-order valence-electron chi connectivity index (χ0n) is 11.3. The maximum atomic E-state index is 3.73. The van der Waals surface area contributed by atoms with Gasteiger partial charge in [0.2, 0.25) is 0 Å². The van der Waals surface area contributed by atoms with Crippen LogP contribution >= 0.6 is 11.3 Å². The Hall–Kier alpha value is -0.340. The highest BCUT2D eigenvalue weighted by Gasteiger charge is 2.22. The van der Waals surface area contributed by atoms with Gasteiger partial charge in [0.25, 0.3) is 0 Å². The fourth-order valence-corrected chi connectivity index (χ4v) is 3.67. The molecule has 1 nitrogen and oxygen atoms in total. The summed E-state index contributed by atoms with van der Waals surface area (Å²) in [6.45, 7) is 8.01. The Morgan fingerprint density at radius 3 is 2.47 bits per heavy atom. The molecule has 0 aromatic carbocycles. The van der Waals surface area contributed by atoms with E-state index in [1.807, 2.05) is 11.3 Å². The van der Waals surface area contributed by atoms with Crippen LogP contribution < -0.4 is 5.32 Å². The van der Waals surface area contributed by atoms with Gasteiger partial charge in [-0.15, -0.1) is 0 Å². The molecule has 0 amide bonds. The minimum Gasteiger partial charge on any atom is -0.310 e. The molecule has 96 valence electrons. The molecule has 0 radical (unpaired) electrons. The number of aryl methyl sites for hydroxylation is 1. The predicted molar refractivity (Wildman–Crippen MR) is 76.5 cm³/mol. The molecule has 1 aliphatic rings. The second-order valence-corrected chi connectivity index (χ2v) is 6.56. The van der Waals surface area contributed by atoms with Gasteiger partial charge in [-0.25, -0.2) is 0 Å². The van der Waals surface area contributed by atoms with E-state index in [1.165, 1.54) is 36.8 Å². The molecule has 0 spiro atoms. The Labute approximate surface area is 110 Å². The van der Waals surface area contributed by atoms with Gasteiger partial charge in [0.15, 0.2) is 0 Å². The van der Waals surface area contributed by atoms with E-state index in [0.29, 0.717) is 0 Å². The lowest BCUT2D eigenvalue weighted by molar-refractivity contribution is 0.238. The van der Waals surface area contributed by atoms with Crippen molar-refractivity contribution < 1.29 is 0 Å². The fourth-order valence-electron chi connectivity index (χ4n) is 2.81. The van der Waals surface area contributed by atoms with Crippen molar-refractivity contribution in [2.75, 3.05) is 0 Å². The van der Waals surface area contributed by atoms with Gasteiger partial charge < -0.3 is 5.32 Å². The summed E-state index contributed by atoms with van der Waals surface area (Å²) < 4.78 is 0. The summed E-state index contributed by atoms with van der Waals surface area (Å²) in [6, 6.07) is 0.754. The summed E-state index contributed by atoms with van der Waals surface area (Å²) in [4.78, 5) is 0. The highest BCUT2D eigenvalue weighted by Crippen LogP contribution is 2.30. The molecule has 1 saturated carbocycles. The highest BCUT2D eigenvalue weighted by atomic mass is 32.1. The molecule has 0 aliphatic heterocycles. The van der Waals surface area contributed by atoms with Crippen molar-refractivity contribution in [2.24, 2.45) is 11.8 Å². The minimum atomic E-state index is 0.754. The molecule has 1 heterocycles. The van der Waals surface area contributed by atoms with E-state index in [-0.39, 0.29) is 0 Å². The highest BCUT2D eigenvalue weighted by molar-refractivity contribution is 7.08. The van der Waals surface area contributed by atoms with Gasteiger partial charge in [0.1, 0.15) is 0 Å². The van der Waals surface area contributed by atoms with Crippen molar-refractivity contribution in [1.29, 1.82) is 0 Å². The van der Waals surface area contributed by atoms with E-state index in [9.17, 15) is 0 Å². The zero-order valence-corrected chi connectivity index (χ0v) is 12.1. The summed E-state index contributed by atoms with van der Waals surface area (Å²) in [7, 11) is 0. The lowest BCUT2D eigenvalue weighted by atomic mass is 9.80. The van der Waals surface area contributed by atoms with Crippen molar-refractivity contribution in [1.82, 2.24) is 5.32 Å². The number of nitrogens with one attached hydrogen (secondary N) is 1. The van der Waals surface area contributed by atoms with Crippen LogP contribution in [0.2, 0.25) is 0 Å². The van der Waals surface area contributed by atoms with E-state index in [4.69, 9.17) is 0 Å². The first-order chi connectivity index (χ1) is 8.16. The van der Waals surface area contributed by atoms with E-state index in [2.05, 4.69) is 36.8 Å². The normalized spacial score (nSPS) is 25.4. The van der Waals surface area contributed by atoms with Crippen LogP contribution in [-0.4, -0.2) is 6.04 Å². The average Bonchev–Trinajstić information content (AvgIpc) is 2.73. The Morgan fingerprint density at radius 1 is 1.24 bits per heavy atom. The quantitative estimate of drug-likeness (QED) is 0.838. The van der Waals surface area contributed by atoms with Crippen LogP contribution in [0.1, 0.15) is 50.7 Å². The van der Waals surface area contributed by atoms with Gasteiger partial charge in [0.05, 0.1) is 0 Å². The monoisotopic (exact) mass is 251 g/mol. The smallest absolute Gasteiger partial charge is 0.0218 e. The molecule has 0 bridgehead atoms. The summed E-state index contributed by atoms with van der Waals surface area (Å²) in [5, 5.41) is 8.25. The molecule has 2 rings (SSSR count). The van der Waals surface area contributed by atoms with Crippen LogP contribution in [0.25, 0.3) is 0 Å². The van der Waals surface area contributed by atoms with Gasteiger partial charge in [-0.1, -0.05) is 13.8 Å². The van der Waals surface area contributed by atoms with Crippen LogP contribution in [0.4, 0.5) is 0 Å². The third-order valence-electron chi connectivity index (χ3n) is 4.26. The second-order valence-electron chi connectivity index (χ2n) is 5.82. The van der Waals surface area contributed by atoms with Crippen LogP contribution in [-0.2, 0) is 6.54 Å². The molecule has 1 N–H and O–H groups in total. The molecule has 2 heteroatoms. The lowest BCUT2D eigenvalue weighted by Crippen LogP contribution is -2.33. The third kappa shape index (κ3) is 3.56. The SMILES string of the molecule is Cc1cscc1CNC1CCC(C(C)C)CC1. The summed E-state index contributed by atoms with van der Waals surface area (Å²) in [6.07, 6.45) is 5.56. The van der Waals surface area contributed by atoms with Crippen molar-refractivity contribution in [3.63, 3.8) is 0 Å². The van der Waals surface area contributed by atoms with Crippen LogP contribution in [0.15, 0.2) is 10.8 Å². The van der Waals surface area contributed by atoms with Crippen LogP contribution in [0.5, 0.6) is 0 Å². The largest absolute Gasteiger partial charge is 0.310 e. The number of hydrogen-bond donors (Lipinski definition) is 1. The van der Waals surface area contributed by atoms with E-state index in [0.717, 1.165) is 24.4 Å². The van der Waals surface area contributed by atoms with Crippen molar-refractivity contribution in [2.45, 2.75) is 59.0 Å². The first-order valence-corrected chi connectivity index (χ1v) is 7.86. The van der Waals surface area contributed by atoms with Gasteiger partial charge in [-0.05, 0) is 66.3 Å². The Kier molecular flexibility index (Phi) is 4.63. The molecule has 1 aromatic rings. The molecule has 0 unspecified atom stereocenters. The van der Waals surface area contributed by atoms with E-state index >= 15 is 0 Å². The standard InChI is InChI=1S/C15H25NS/c1-11(2)13-4-6-15(7-5-13)16-8-14-10-17-9-12(14)3/h9-11,13,15-16H,4-8H2,1-3H3. The van der Waals surface area contributed by atoms with Crippen LogP contribution in [0, 0.1) is 18.8 Å². The van der Waals surface area contributed by atoms with Gasteiger partial charge >= 0.3 is 0 Å². The van der Waals surface area contributed by atoms with Gasteiger partial charge in [-0.2, -0.15) is 11.3 Å². The number of rotatable bonds is 4. The predicted octanol–water partition coefficient (Wildman–Crippen LogP) is 4.36. The minimum absolute atomic E-state index is 0.754. The molecule has 0 atom stereocenters. The Bertz CT molecular complexity index is 334. The topological polar surface area (TPSA) is 12.0 Å². The zero-order chi connectivity index (χ0) is 12.3. The lowest BCUT2D eigenvalue weighted by Gasteiger charge is -2.31. The summed E-state index contributed by atoms with van der Waals surface area (Å²) in [5.74, 6) is 1.84. The fraction of sp³-hybridized carbons (Fsp3) is 0.733. The number of thiophene rings is 1. The van der Waals surface area contributed by atoms with E-state index < -0.39 is 0 Å². The molecular weight excluding hydrogens is 226 g/mol. The van der Waals surface area contributed by atoms with Crippen molar-refractivity contribution in [3.05, 3.63) is 21.9 Å². The van der Waals surface area contributed by atoms with Gasteiger partial charge in [0, 0.05) is 12.6 Å². The Morgan fingerprint density at radius 2 is 1.94 bits per heavy atom. The molecule has 17 heavy (non-hydrogen) atoms. The summed E-state index contributed by atoms with van der Waals surface area (Å²) >= 11 is 1.82. The van der Waals surface area contributed by atoms with Crippen LogP contribution in [0.3, 0.4) is 0 Å². The molecule has 0 saturated heterocycles. The first kappa shape index (κ1) is 13.1. The maximum Gasteiger partial charge on any atom is 0.0218 e. The molecule has 1 aliphatic carbocycles. The Balaban J connectivity index is 1.74.